The number of hydrogen-bond acceptors (Lipinski definition) is 6. The average molecular weight is 587 g/mol. The SMILES string of the molecule is CCCCCCCCCCOC(=O)N(CCCc1ccc(N=C(N)N)cc1)[C@H]1CCCN2CCC[C@@H](C(=O)O)N2C1=O. The van der Waals surface area contributed by atoms with Crippen LogP contribution in [0.15, 0.2) is 29.3 Å². The minimum Gasteiger partial charge on any atom is -0.480 e. The molecule has 2 aliphatic rings. The van der Waals surface area contributed by atoms with E-state index in [4.69, 9.17) is 16.2 Å². The van der Waals surface area contributed by atoms with Crippen LogP contribution in [0.25, 0.3) is 0 Å². The number of aliphatic imine (C=N–C) groups is 1. The van der Waals surface area contributed by atoms with Crippen molar-refractivity contribution in [3.63, 3.8) is 0 Å². The molecule has 2 aliphatic heterocycles. The first-order chi connectivity index (χ1) is 20.3. The van der Waals surface area contributed by atoms with Crippen LogP contribution in [0.3, 0.4) is 0 Å². The van der Waals surface area contributed by atoms with Gasteiger partial charge >= 0.3 is 12.1 Å². The molecule has 42 heavy (non-hydrogen) atoms. The van der Waals surface area contributed by atoms with Crippen molar-refractivity contribution in [2.24, 2.45) is 16.5 Å². The Morgan fingerprint density at radius 1 is 0.976 bits per heavy atom. The maximum absolute atomic E-state index is 13.9. The van der Waals surface area contributed by atoms with Gasteiger partial charge in [-0.05, 0) is 62.6 Å². The first kappa shape index (κ1) is 33.2. The highest BCUT2D eigenvalue weighted by atomic mass is 16.6. The van der Waals surface area contributed by atoms with Crippen molar-refractivity contribution < 1.29 is 24.2 Å². The number of aliphatic carboxylic acids is 1. The summed E-state index contributed by atoms with van der Waals surface area (Å²) in [6, 6.07) is 5.86. The van der Waals surface area contributed by atoms with Crippen molar-refractivity contribution in [3.8, 4) is 0 Å². The van der Waals surface area contributed by atoms with Gasteiger partial charge < -0.3 is 21.3 Å². The molecular weight excluding hydrogens is 536 g/mol. The molecule has 2 fully saturated rings. The molecular formula is C31H50N6O5. The molecule has 0 spiro atoms. The first-order valence-electron chi connectivity index (χ1n) is 15.7. The molecule has 2 heterocycles. The fourth-order valence-corrected chi connectivity index (χ4v) is 5.86. The average Bonchev–Trinajstić information content (AvgIpc) is 3.13. The number of aryl methyl sites for hydroxylation is 1. The quantitative estimate of drug-likeness (QED) is 0.145. The molecule has 0 saturated carbocycles. The molecule has 5 N–H and O–H groups in total. The summed E-state index contributed by atoms with van der Waals surface area (Å²) in [7, 11) is 0. The largest absolute Gasteiger partial charge is 0.480 e. The van der Waals surface area contributed by atoms with Crippen LogP contribution in [-0.4, -0.2) is 82.3 Å². The summed E-state index contributed by atoms with van der Waals surface area (Å²) in [5.41, 5.74) is 12.6. The number of carboxylic acids is 1. The second kappa shape index (κ2) is 17.6. The molecule has 0 aliphatic carbocycles. The number of carbonyl (C=O) groups is 3. The summed E-state index contributed by atoms with van der Waals surface area (Å²) in [4.78, 5) is 44.9. The number of ether oxygens (including phenoxy) is 1. The van der Waals surface area contributed by atoms with Gasteiger partial charge in [0.05, 0.1) is 12.3 Å². The lowest BCUT2D eigenvalue weighted by Gasteiger charge is -2.43. The standard InChI is InChI=1S/C31H50N6O5/c1-2-3-4-5-6-7-8-9-23-42-31(41)36(22-10-13-24-16-18-25(19-17-24)34-30(32)33)26-14-11-20-35-21-12-15-27(29(39)40)37(35)28(26)38/h16-19,26-27H,2-15,20-23H2,1H3,(H,39,40)(H4,32,33,34)/t26-,27-/m0/s1. The van der Waals surface area contributed by atoms with E-state index in [1.807, 2.05) is 29.3 Å². The number of unbranched alkanes of at least 4 members (excludes halogenated alkanes) is 7. The second-order valence-electron chi connectivity index (χ2n) is 11.4. The van der Waals surface area contributed by atoms with Crippen LogP contribution in [0.4, 0.5) is 10.5 Å². The van der Waals surface area contributed by atoms with Crippen LogP contribution in [0.2, 0.25) is 0 Å². The predicted molar refractivity (Wildman–Crippen MR) is 163 cm³/mol. The van der Waals surface area contributed by atoms with Crippen LogP contribution in [0.5, 0.6) is 0 Å². The zero-order valence-corrected chi connectivity index (χ0v) is 25.2. The van der Waals surface area contributed by atoms with Crippen molar-refractivity contribution >= 4 is 29.6 Å². The van der Waals surface area contributed by atoms with Crippen LogP contribution < -0.4 is 11.5 Å². The number of rotatable bonds is 16. The van der Waals surface area contributed by atoms with Crippen molar-refractivity contribution in [1.29, 1.82) is 0 Å². The summed E-state index contributed by atoms with van der Waals surface area (Å²) < 4.78 is 5.71. The maximum Gasteiger partial charge on any atom is 0.410 e. The number of benzene rings is 1. The normalized spacial score (nSPS) is 19.1. The summed E-state index contributed by atoms with van der Waals surface area (Å²) in [6.07, 6.45) is 12.2. The monoisotopic (exact) mass is 586 g/mol. The number of carbonyl (C=O) groups excluding carboxylic acids is 2. The first-order valence-corrected chi connectivity index (χ1v) is 15.7. The third-order valence-corrected chi connectivity index (χ3v) is 8.08. The molecule has 11 heteroatoms. The van der Waals surface area contributed by atoms with Gasteiger partial charge in [-0.2, -0.15) is 0 Å². The Labute approximate surface area is 250 Å². The van der Waals surface area contributed by atoms with Gasteiger partial charge in [-0.25, -0.2) is 19.6 Å². The van der Waals surface area contributed by atoms with Gasteiger partial charge in [-0.1, -0.05) is 64.0 Å². The van der Waals surface area contributed by atoms with E-state index in [2.05, 4.69) is 11.9 Å². The fourth-order valence-electron chi connectivity index (χ4n) is 5.86. The van der Waals surface area contributed by atoms with Gasteiger partial charge in [0.25, 0.3) is 5.91 Å². The molecule has 1 aromatic carbocycles. The number of amides is 2. The summed E-state index contributed by atoms with van der Waals surface area (Å²) in [5, 5.41) is 13.1. The Bertz CT molecular complexity index is 1030. The lowest BCUT2D eigenvalue weighted by atomic mass is 10.1. The van der Waals surface area contributed by atoms with E-state index < -0.39 is 24.1 Å². The predicted octanol–water partition coefficient (Wildman–Crippen LogP) is 4.56. The number of fused-ring (bicyclic) bond motifs is 1. The van der Waals surface area contributed by atoms with E-state index in [1.54, 1.807) is 0 Å². The second-order valence-corrected chi connectivity index (χ2v) is 11.4. The van der Waals surface area contributed by atoms with E-state index in [0.717, 1.165) is 31.2 Å². The number of carboxylic acid groups (broad SMARTS) is 1. The molecule has 0 radical (unpaired) electrons. The van der Waals surface area contributed by atoms with Crippen molar-refractivity contribution in [2.75, 3.05) is 26.2 Å². The molecule has 0 aromatic heterocycles. The minimum absolute atomic E-state index is 0.00523. The van der Waals surface area contributed by atoms with Crippen molar-refractivity contribution in [3.05, 3.63) is 29.8 Å². The maximum atomic E-state index is 13.9. The summed E-state index contributed by atoms with van der Waals surface area (Å²) in [6.45, 7) is 4.08. The molecule has 11 nitrogen and oxygen atoms in total. The van der Waals surface area contributed by atoms with E-state index in [9.17, 15) is 19.5 Å². The number of hydrazine groups is 1. The van der Waals surface area contributed by atoms with E-state index in [0.29, 0.717) is 64.0 Å². The van der Waals surface area contributed by atoms with Crippen LogP contribution >= 0.6 is 0 Å². The molecule has 2 amide bonds. The smallest absolute Gasteiger partial charge is 0.410 e. The molecule has 0 bridgehead atoms. The molecule has 3 rings (SSSR count). The summed E-state index contributed by atoms with van der Waals surface area (Å²) in [5.74, 6) is -1.35. The number of nitrogens with zero attached hydrogens (tertiary/aromatic N) is 4. The topological polar surface area (TPSA) is 155 Å². The Balaban J connectivity index is 1.64. The van der Waals surface area contributed by atoms with Crippen LogP contribution in [-0.2, 0) is 20.7 Å². The van der Waals surface area contributed by atoms with Gasteiger partial charge in [0.15, 0.2) is 5.96 Å². The Morgan fingerprint density at radius 2 is 1.62 bits per heavy atom. The molecule has 234 valence electrons. The van der Waals surface area contributed by atoms with Crippen molar-refractivity contribution in [1.82, 2.24) is 14.9 Å². The third-order valence-electron chi connectivity index (χ3n) is 8.08. The number of guanidine groups is 1. The summed E-state index contributed by atoms with van der Waals surface area (Å²) >= 11 is 0. The van der Waals surface area contributed by atoms with Gasteiger partial charge in [0.1, 0.15) is 12.1 Å². The fraction of sp³-hybridized carbons (Fsp3) is 0.677. The molecule has 2 saturated heterocycles. The van der Waals surface area contributed by atoms with Gasteiger partial charge in [0.2, 0.25) is 0 Å². The highest BCUT2D eigenvalue weighted by Crippen LogP contribution is 2.27. The lowest BCUT2D eigenvalue weighted by molar-refractivity contribution is -0.175. The Kier molecular flexibility index (Phi) is 13.9. The van der Waals surface area contributed by atoms with E-state index >= 15 is 0 Å². The van der Waals surface area contributed by atoms with Crippen LogP contribution in [0.1, 0.15) is 96.0 Å². The molecule has 0 unspecified atom stereocenters. The van der Waals surface area contributed by atoms with Crippen molar-refractivity contribution in [2.45, 2.75) is 109 Å². The highest BCUT2D eigenvalue weighted by molar-refractivity contribution is 5.89. The molecule has 1 aromatic rings. The Morgan fingerprint density at radius 3 is 2.26 bits per heavy atom. The minimum atomic E-state index is -1.01. The van der Waals surface area contributed by atoms with Gasteiger partial charge in [-0.3, -0.25) is 14.7 Å². The van der Waals surface area contributed by atoms with Gasteiger partial charge in [-0.15, -0.1) is 0 Å². The van der Waals surface area contributed by atoms with Crippen LogP contribution in [0, 0.1) is 0 Å². The van der Waals surface area contributed by atoms with E-state index in [-0.39, 0.29) is 11.9 Å². The zero-order valence-electron chi connectivity index (χ0n) is 25.2. The number of hydrogen-bond donors (Lipinski definition) is 3. The van der Waals surface area contributed by atoms with Gasteiger partial charge in [0, 0.05) is 19.6 Å². The number of nitrogens with two attached hydrogens (primary N) is 2. The molecule has 2 atom stereocenters. The zero-order chi connectivity index (χ0) is 30.3. The van der Waals surface area contributed by atoms with E-state index in [1.165, 1.54) is 42.0 Å². The third kappa shape index (κ3) is 10.2. The Hall–Kier alpha value is -3.34. The lowest BCUT2D eigenvalue weighted by Crippen LogP contribution is -2.61. The highest BCUT2D eigenvalue weighted by Gasteiger charge is 2.44.